The number of thiophene rings is 1. The van der Waals surface area contributed by atoms with E-state index in [1.165, 1.54) is 33.2 Å². The molecular weight excluding hydrogens is 358 g/mol. The number of aromatic carboxylic acids is 1. The van der Waals surface area contributed by atoms with Gasteiger partial charge in [-0.05, 0) is 24.4 Å². The second-order valence-corrected chi connectivity index (χ2v) is 6.76. The highest BCUT2D eigenvalue weighted by atomic mass is 32.1. The predicted molar refractivity (Wildman–Crippen MR) is 95.4 cm³/mol. The van der Waals surface area contributed by atoms with E-state index in [-0.39, 0.29) is 36.5 Å². The van der Waals surface area contributed by atoms with Crippen molar-refractivity contribution in [2.24, 2.45) is 0 Å². The highest BCUT2D eigenvalue weighted by molar-refractivity contribution is 7.16. The summed E-state index contributed by atoms with van der Waals surface area (Å²) >= 11 is 1.39. The Morgan fingerprint density at radius 1 is 1.42 bits per heavy atom. The molecule has 3 heterocycles. The summed E-state index contributed by atoms with van der Waals surface area (Å²) in [5.41, 5.74) is -0.0815. The molecule has 0 saturated heterocycles. The molecule has 0 saturated carbocycles. The number of hydrogen-bond acceptors (Lipinski definition) is 6. The zero-order chi connectivity index (χ0) is 18.8. The molecule has 136 valence electrons. The van der Waals surface area contributed by atoms with Gasteiger partial charge in [-0.1, -0.05) is 0 Å². The minimum absolute atomic E-state index is 0.0857. The van der Waals surface area contributed by atoms with Crippen molar-refractivity contribution in [3.05, 3.63) is 51.3 Å². The molecule has 9 heteroatoms. The Morgan fingerprint density at radius 2 is 2.19 bits per heavy atom. The fraction of sp³-hybridized carbons (Fsp3) is 0.294. The van der Waals surface area contributed by atoms with Gasteiger partial charge in [-0.2, -0.15) is 0 Å². The van der Waals surface area contributed by atoms with E-state index in [1.807, 2.05) is 0 Å². The van der Waals surface area contributed by atoms with Gasteiger partial charge in [0.05, 0.1) is 18.3 Å². The number of amides is 1. The van der Waals surface area contributed by atoms with E-state index in [4.69, 9.17) is 9.52 Å². The predicted octanol–water partition coefficient (Wildman–Crippen LogP) is 2.11. The molecule has 3 aromatic heterocycles. The summed E-state index contributed by atoms with van der Waals surface area (Å²) < 4.78 is 6.80. The molecule has 0 aliphatic carbocycles. The SMILES string of the molecule is Cc1oc(CN(C)C(=O)CCn2cnc3sccc3c2=O)cc1C(=O)O. The maximum Gasteiger partial charge on any atom is 0.339 e. The van der Waals surface area contributed by atoms with Gasteiger partial charge in [-0.25, -0.2) is 9.78 Å². The van der Waals surface area contributed by atoms with E-state index in [0.29, 0.717) is 21.7 Å². The molecule has 0 atom stereocenters. The zero-order valence-corrected chi connectivity index (χ0v) is 15.1. The third kappa shape index (κ3) is 3.52. The van der Waals surface area contributed by atoms with Crippen molar-refractivity contribution in [3.8, 4) is 0 Å². The molecule has 3 rings (SSSR count). The number of furan rings is 1. The smallest absolute Gasteiger partial charge is 0.339 e. The molecule has 0 unspecified atom stereocenters. The summed E-state index contributed by atoms with van der Waals surface area (Å²) in [6.45, 7) is 1.94. The van der Waals surface area contributed by atoms with Gasteiger partial charge in [-0.3, -0.25) is 14.2 Å². The quantitative estimate of drug-likeness (QED) is 0.707. The van der Waals surface area contributed by atoms with Crippen LogP contribution >= 0.6 is 11.3 Å². The van der Waals surface area contributed by atoms with Crippen LogP contribution < -0.4 is 5.56 Å². The number of carbonyl (C=O) groups excluding carboxylic acids is 1. The molecule has 8 nitrogen and oxygen atoms in total. The number of rotatable bonds is 6. The molecule has 0 radical (unpaired) electrons. The number of carboxylic acid groups (broad SMARTS) is 1. The lowest BCUT2D eigenvalue weighted by Crippen LogP contribution is -2.29. The molecule has 26 heavy (non-hydrogen) atoms. The molecule has 0 aliphatic heterocycles. The average molecular weight is 375 g/mol. The first kappa shape index (κ1) is 17.9. The maximum absolute atomic E-state index is 12.3. The van der Waals surface area contributed by atoms with Gasteiger partial charge < -0.3 is 14.4 Å². The van der Waals surface area contributed by atoms with Gasteiger partial charge in [0.25, 0.3) is 5.56 Å². The number of nitrogens with zero attached hydrogens (tertiary/aromatic N) is 3. The molecule has 0 aliphatic rings. The molecule has 0 bridgehead atoms. The minimum atomic E-state index is -1.07. The Balaban J connectivity index is 1.63. The minimum Gasteiger partial charge on any atom is -0.478 e. The van der Waals surface area contributed by atoms with Crippen LogP contribution in [0.2, 0.25) is 0 Å². The van der Waals surface area contributed by atoms with Crippen molar-refractivity contribution >= 4 is 33.4 Å². The monoisotopic (exact) mass is 375 g/mol. The number of carbonyl (C=O) groups is 2. The average Bonchev–Trinajstić information content (AvgIpc) is 3.20. The lowest BCUT2D eigenvalue weighted by Gasteiger charge is -2.16. The van der Waals surface area contributed by atoms with Gasteiger partial charge in [0.2, 0.25) is 5.91 Å². The van der Waals surface area contributed by atoms with Crippen molar-refractivity contribution in [3.63, 3.8) is 0 Å². The van der Waals surface area contributed by atoms with Gasteiger partial charge in [0, 0.05) is 20.0 Å². The Labute approximate surface area is 152 Å². The van der Waals surface area contributed by atoms with E-state index in [9.17, 15) is 14.4 Å². The standard InChI is InChI=1S/C17H17N3O5S/c1-10-13(17(23)24)7-11(25-10)8-19(2)14(21)3-5-20-9-18-15-12(16(20)22)4-6-26-15/h4,6-7,9H,3,5,8H2,1-2H3,(H,23,24). The zero-order valence-electron chi connectivity index (χ0n) is 14.3. The van der Waals surface area contributed by atoms with Crippen LogP contribution in [0.15, 0.2) is 33.1 Å². The van der Waals surface area contributed by atoms with Crippen molar-refractivity contribution in [1.29, 1.82) is 0 Å². The van der Waals surface area contributed by atoms with Crippen LogP contribution in [-0.2, 0) is 17.9 Å². The molecule has 1 amide bonds. The first-order chi connectivity index (χ1) is 12.4. The van der Waals surface area contributed by atoms with E-state index >= 15 is 0 Å². The van der Waals surface area contributed by atoms with Crippen LogP contribution in [-0.4, -0.2) is 38.5 Å². The van der Waals surface area contributed by atoms with Crippen molar-refractivity contribution in [2.45, 2.75) is 26.4 Å². The Bertz CT molecular complexity index is 1030. The van der Waals surface area contributed by atoms with Crippen LogP contribution in [0, 0.1) is 6.92 Å². The lowest BCUT2D eigenvalue weighted by molar-refractivity contribution is -0.130. The van der Waals surface area contributed by atoms with E-state index in [1.54, 1.807) is 25.4 Å². The van der Waals surface area contributed by atoms with Crippen LogP contribution in [0.4, 0.5) is 0 Å². The molecule has 1 N–H and O–H groups in total. The molecule has 0 spiro atoms. The number of fused-ring (bicyclic) bond motifs is 1. The number of aryl methyl sites for hydroxylation is 2. The van der Waals surface area contributed by atoms with Gasteiger partial charge in [-0.15, -0.1) is 11.3 Å². The number of hydrogen-bond donors (Lipinski definition) is 1. The fourth-order valence-corrected chi connectivity index (χ4v) is 3.34. The Hall–Kier alpha value is -2.94. The lowest BCUT2D eigenvalue weighted by atomic mass is 10.2. The number of carboxylic acids is 1. The summed E-state index contributed by atoms with van der Waals surface area (Å²) in [6.07, 6.45) is 1.57. The first-order valence-corrected chi connectivity index (χ1v) is 8.74. The summed E-state index contributed by atoms with van der Waals surface area (Å²) in [5.74, 6) is -0.556. The number of aromatic nitrogens is 2. The van der Waals surface area contributed by atoms with E-state index in [2.05, 4.69) is 4.98 Å². The van der Waals surface area contributed by atoms with Crippen LogP contribution in [0.1, 0.15) is 28.3 Å². The van der Waals surface area contributed by atoms with Crippen LogP contribution in [0.25, 0.3) is 10.2 Å². The molecule has 0 fully saturated rings. The normalized spacial score (nSPS) is 11.0. The Kier molecular flexibility index (Phi) is 4.90. The second kappa shape index (κ2) is 7.12. The first-order valence-electron chi connectivity index (χ1n) is 7.86. The van der Waals surface area contributed by atoms with E-state index < -0.39 is 5.97 Å². The van der Waals surface area contributed by atoms with Crippen LogP contribution in [0.3, 0.4) is 0 Å². The van der Waals surface area contributed by atoms with Gasteiger partial charge in [0.15, 0.2) is 0 Å². The van der Waals surface area contributed by atoms with Gasteiger partial charge >= 0.3 is 5.97 Å². The highest BCUT2D eigenvalue weighted by Crippen LogP contribution is 2.16. The summed E-state index contributed by atoms with van der Waals surface area (Å²) in [6, 6.07) is 3.14. The summed E-state index contributed by atoms with van der Waals surface area (Å²) in [5, 5.41) is 11.4. The topological polar surface area (TPSA) is 106 Å². The summed E-state index contributed by atoms with van der Waals surface area (Å²) in [4.78, 5) is 42.0. The van der Waals surface area contributed by atoms with Crippen molar-refractivity contribution < 1.29 is 19.1 Å². The largest absolute Gasteiger partial charge is 0.478 e. The molecular formula is C17H17N3O5S. The molecule has 0 aromatic carbocycles. The van der Waals surface area contributed by atoms with Crippen LogP contribution in [0.5, 0.6) is 0 Å². The third-order valence-corrected chi connectivity index (χ3v) is 4.86. The van der Waals surface area contributed by atoms with Crippen molar-refractivity contribution in [2.75, 3.05) is 7.05 Å². The van der Waals surface area contributed by atoms with Gasteiger partial charge in [0.1, 0.15) is 21.9 Å². The Morgan fingerprint density at radius 3 is 2.88 bits per heavy atom. The molecule has 3 aromatic rings. The van der Waals surface area contributed by atoms with E-state index in [0.717, 1.165) is 0 Å². The third-order valence-electron chi connectivity index (χ3n) is 4.03. The van der Waals surface area contributed by atoms with Crippen molar-refractivity contribution in [1.82, 2.24) is 14.5 Å². The summed E-state index contributed by atoms with van der Waals surface area (Å²) in [7, 11) is 1.60. The maximum atomic E-state index is 12.3. The highest BCUT2D eigenvalue weighted by Gasteiger charge is 2.17. The fourth-order valence-electron chi connectivity index (χ4n) is 2.62. The second-order valence-electron chi connectivity index (χ2n) is 5.87.